The largest absolute Gasteiger partial charge is 0.771 e. The van der Waals surface area contributed by atoms with Crippen molar-refractivity contribution in [3.63, 3.8) is 0 Å². The Morgan fingerprint density at radius 1 is 1.04 bits per heavy atom. The maximum atomic E-state index is 10.9. The fraction of sp³-hybridized carbons (Fsp3) is 0.0556. The van der Waals surface area contributed by atoms with Gasteiger partial charge >= 0.3 is 0 Å². The van der Waals surface area contributed by atoms with E-state index in [9.17, 15) is 13.6 Å². The zero-order valence-electron chi connectivity index (χ0n) is 12.2. The molecule has 0 aliphatic heterocycles. The summed E-state index contributed by atoms with van der Waals surface area (Å²) in [4.78, 5) is 10.9. The molecule has 5 heteroatoms. The van der Waals surface area contributed by atoms with Crippen LogP contribution in [0, 0.1) is 0 Å². The Kier molecular flexibility index (Phi) is 4.50. The Bertz CT molecular complexity index is 875. The Balaban J connectivity index is 1.96. The van der Waals surface area contributed by atoms with Crippen LogP contribution in [-0.2, 0) is 11.1 Å². The average molecular weight is 324 g/mol. The number of hydrogen-bond donors (Lipinski definition) is 1. The molecule has 0 amide bonds. The lowest BCUT2D eigenvalue weighted by atomic mass is 9.97. The van der Waals surface area contributed by atoms with Gasteiger partial charge in [-0.15, -0.1) is 0 Å². The lowest BCUT2D eigenvalue weighted by Gasteiger charge is -2.11. The van der Waals surface area contributed by atoms with Crippen LogP contribution in [0.25, 0.3) is 21.9 Å². The third kappa shape index (κ3) is 3.47. The van der Waals surface area contributed by atoms with E-state index in [0.717, 1.165) is 33.9 Å². The number of rotatable bonds is 5. The smallest absolute Gasteiger partial charge is 0.150 e. The highest BCUT2D eigenvalue weighted by atomic mass is 32.2. The van der Waals surface area contributed by atoms with Gasteiger partial charge in [-0.2, -0.15) is 0 Å². The second-order valence-corrected chi connectivity index (χ2v) is 6.00. The molecular formula is C18H14NO3S-. The topological polar surface area (TPSA) is 69.2 Å². The van der Waals surface area contributed by atoms with Gasteiger partial charge in [0.05, 0.1) is 5.88 Å². The third-order valence-electron chi connectivity index (χ3n) is 3.63. The van der Waals surface area contributed by atoms with Gasteiger partial charge in [-0.1, -0.05) is 42.5 Å². The highest BCUT2D eigenvalue weighted by Crippen LogP contribution is 2.29. The SMILES string of the molecule is O=Cc1ccc2c(-c3ccc(NCS(=O)[O-])cc3)cccc2c1. The van der Waals surface area contributed by atoms with E-state index in [4.69, 9.17) is 0 Å². The summed E-state index contributed by atoms with van der Waals surface area (Å²) in [5, 5.41) is 4.90. The molecule has 0 saturated heterocycles. The van der Waals surface area contributed by atoms with Crippen LogP contribution in [0.15, 0.2) is 60.7 Å². The van der Waals surface area contributed by atoms with Crippen molar-refractivity contribution >= 4 is 33.8 Å². The number of carbonyl (C=O) groups is 1. The summed E-state index contributed by atoms with van der Waals surface area (Å²) in [6.07, 6.45) is 0.840. The molecule has 0 spiro atoms. The summed E-state index contributed by atoms with van der Waals surface area (Å²) in [6, 6.07) is 19.2. The molecule has 0 saturated carbocycles. The number of anilines is 1. The molecule has 1 N–H and O–H groups in total. The molecule has 0 radical (unpaired) electrons. The minimum atomic E-state index is -2.12. The molecule has 0 aromatic heterocycles. The molecule has 0 aliphatic carbocycles. The van der Waals surface area contributed by atoms with Gasteiger partial charge in [0.1, 0.15) is 6.29 Å². The van der Waals surface area contributed by atoms with Crippen molar-refractivity contribution in [2.75, 3.05) is 11.2 Å². The number of aldehydes is 1. The van der Waals surface area contributed by atoms with E-state index in [1.165, 1.54) is 0 Å². The molecule has 0 heterocycles. The molecular weight excluding hydrogens is 310 g/mol. The highest BCUT2D eigenvalue weighted by Gasteiger charge is 2.04. The van der Waals surface area contributed by atoms with Crippen molar-refractivity contribution in [3.8, 4) is 11.1 Å². The molecule has 1 atom stereocenters. The van der Waals surface area contributed by atoms with Crippen LogP contribution in [0.3, 0.4) is 0 Å². The number of carbonyl (C=O) groups excluding carboxylic acids is 1. The fourth-order valence-corrected chi connectivity index (χ4v) is 2.82. The predicted octanol–water partition coefficient (Wildman–Crippen LogP) is 3.57. The lowest BCUT2D eigenvalue weighted by Crippen LogP contribution is -2.06. The van der Waals surface area contributed by atoms with Crippen molar-refractivity contribution in [3.05, 3.63) is 66.2 Å². The predicted molar refractivity (Wildman–Crippen MR) is 92.2 cm³/mol. The van der Waals surface area contributed by atoms with Crippen molar-refractivity contribution in [1.29, 1.82) is 0 Å². The van der Waals surface area contributed by atoms with Crippen molar-refractivity contribution in [1.82, 2.24) is 0 Å². The minimum absolute atomic E-state index is 0.109. The summed E-state index contributed by atoms with van der Waals surface area (Å²) in [5.41, 5.74) is 3.50. The minimum Gasteiger partial charge on any atom is -0.771 e. The first kappa shape index (κ1) is 15.4. The maximum absolute atomic E-state index is 10.9. The van der Waals surface area contributed by atoms with Gasteiger partial charge in [0.2, 0.25) is 0 Å². The van der Waals surface area contributed by atoms with Crippen molar-refractivity contribution < 1.29 is 13.6 Å². The Morgan fingerprint density at radius 2 is 1.83 bits per heavy atom. The summed E-state index contributed by atoms with van der Waals surface area (Å²) < 4.78 is 21.1. The Hall–Kier alpha value is -2.50. The van der Waals surface area contributed by atoms with Gasteiger partial charge in [-0.25, -0.2) is 0 Å². The molecule has 0 aliphatic rings. The standard InChI is InChI=1S/C18H15NO3S/c20-11-13-4-9-18-15(10-13)2-1-3-17(18)14-5-7-16(8-6-14)19-12-23(21)22/h1-11,19H,12H2,(H,21,22)/p-1. The Labute approximate surface area is 136 Å². The lowest BCUT2D eigenvalue weighted by molar-refractivity contribution is 0.112. The van der Waals surface area contributed by atoms with Gasteiger partial charge < -0.3 is 9.87 Å². The molecule has 4 nitrogen and oxygen atoms in total. The van der Waals surface area contributed by atoms with E-state index in [2.05, 4.69) is 5.32 Å². The Morgan fingerprint density at radius 3 is 2.52 bits per heavy atom. The number of fused-ring (bicyclic) bond motifs is 1. The van der Waals surface area contributed by atoms with E-state index >= 15 is 0 Å². The van der Waals surface area contributed by atoms with Crippen LogP contribution in [-0.4, -0.2) is 20.9 Å². The molecule has 3 aromatic carbocycles. The fourth-order valence-electron chi connectivity index (χ4n) is 2.54. The summed E-state index contributed by atoms with van der Waals surface area (Å²) in [6.45, 7) is 0. The van der Waals surface area contributed by atoms with Crippen LogP contribution < -0.4 is 5.32 Å². The second kappa shape index (κ2) is 6.73. The van der Waals surface area contributed by atoms with Crippen LogP contribution in [0.2, 0.25) is 0 Å². The van der Waals surface area contributed by atoms with Gasteiger partial charge in [-0.3, -0.25) is 9.00 Å². The summed E-state index contributed by atoms with van der Waals surface area (Å²) >= 11 is -2.12. The van der Waals surface area contributed by atoms with Crippen LogP contribution in [0.4, 0.5) is 5.69 Å². The first-order chi connectivity index (χ1) is 11.2. The van der Waals surface area contributed by atoms with E-state index in [1.54, 1.807) is 6.07 Å². The number of nitrogens with one attached hydrogen (secondary N) is 1. The first-order valence-corrected chi connectivity index (χ1v) is 8.30. The number of benzene rings is 3. The van der Waals surface area contributed by atoms with Gasteiger partial charge in [-0.05, 0) is 51.2 Å². The molecule has 0 bridgehead atoms. The van der Waals surface area contributed by atoms with E-state index in [-0.39, 0.29) is 5.88 Å². The number of hydrogen-bond acceptors (Lipinski definition) is 4. The molecule has 3 rings (SSSR count). The van der Waals surface area contributed by atoms with E-state index in [0.29, 0.717) is 5.56 Å². The zero-order valence-corrected chi connectivity index (χ0v) is 13.0. The molecule has 0 fully saturated rings. The summed E-state index contributed by atoms with van der Waals surface area (Å²) in [5.74, 6) is -0.109. The molecule has 116 valence electrons. The normalized spacial score (nSPS) is 12.0. The maximum Gasteiger partial charge on any atom is 0.150 e. The summed E-state index contributed by atoms with van der Waals surface area (Å²) in [7, 11) is 0. The molecule has 3 aromatic rings. The van der Waals surface area contributed by atoms with E-state index < -0.39 is 11.1 Å². The first-order valence-electron chi connectivity index (χ1n) is 7.05. The van der Waals surface area contributed by atoms with Gasteiger partial charge in [0, 0.05) is 11.3 Å². The van der Waals surface area contributed by atoms with Crippen molar-refractivity contribution in [2.45, 2.75) is 0 Å². The monoisotopic (exact) mass is 324 g/mol. The van der Waals surface area contributed by atoms with Crippen LogP contribution in [0.1, 0.15) is 10.4 Å². The highest BCUT2D eigenvalue weighted by molar-refractivity contribution is 7.79. The molecule has 1 unspecified atom stereocenters. The third-order valence-corrected chi connectivity index (χ3v) is 4.01. The van der Waals surface area contributed by atoms with Crippen LogP contribution >= 0.6 is 0 Å². The second-order valence-electron chi connectivity index (χ2n) is 5.11. The van der Waals surface area contributed by atoms with Crippen LogP contribution in [0.5, 0.6) is 0 Å². The van der Waals surface area contributed by atoms with Gasteiger partial charge in [0.15, 0.2) is 0 Å². The zero-order chi connectivity index (χ0) is 16.2. The van der Waals surface area contributed by atoms with E-state index in [1.807, 2.05) is 54.6 Å². The van der Waals surface area contributed by atoms with Gasteiger partial charge in [0.25, 0.3) is 0 Å². The van der Waals surface area contributed by atoms with Crippen molar-refractivity contribution in [2.24, 2.45) is 0 Å². The molecule has 23 heavy (non-hydrogen) atoms. The quantitative estimate of drug-likeness (QED) is 0.575. The average Bonchev–Trinajstić information content (AvgIpc) is 2.59.